The lowest BCUT2D eigenvalue weighted by Gasteiger charge is -2.07. The third-order valence-corrected chi connectivity index (χ3v) is 5.75. The van der Waals surface area contributed by atoms with Gasteiger partial charge in [0, 0.05) is 16.7 Å². The van der Waals surface area contributed by atoms with Crippen molar-refractivity contribution >= 4 is 38.4 Å². The number of hydrogen-bond acceptors (Lipinski definition) is 5. The van der Waals surface area contributed by atoms with Crippen LogP contribution in [-0.4, -0.2) is 20.5 Å². The molecule has 0 fully saturated rings. The van der Waals surface area contributed by atoms with Crippen molar-refractivity contribution in [3.05, 3.63) is 71.8 Å². The first-order valence-electron chi connectivity index (χ1n) is 8.28. The minimum Gasteiger partial charge on any atom is -0.497 e. The maximum Gasteiger partial charge on any atom is 0.261 e. The Morgan fingerprint density at radius 3 is 2.39 bits per heavy atom. The smallest absolute Gasteiger partial charge is 0.261 e. The molecule has 0 aliphatic heterocycles. The van der Waals surface area contributed by atoms with E-state index in [1.807, 2.05) is 24.3 Å². The van der Waals surface area contributed by atoms with Gasteiger partial charge in [-0.3, -0.25) is 4.72 Å². The monoisotopic (exact) mass is 414 g/mol. The fraction of sp³-hybridized carbons (Fsp3) is 0.0500. The average molecular weight is 415 g/mol. The Morgan fingerprint density at radius 2 is 1.71 bits per heavy atom. The van der Waals surface area contributed by atoms with E-state index in [2.05, 4.69) is 9.71 Å². The van der Waals surface area contributed by atoms with Gasteiger partial charge in [0.15, 0.2) is 5.58 Å². The van der Waals surface area contributed by atoms with E-state index in [9.17, 15) is 8.42 Å². The maximum atomic E-state index is 12.5. The highest BCUT2D eigenvalue weighted by Crippen LogP contribution is 2.28. The van der Waals surface area contributed by atoms with E-state index in [1.165, 1.54) is 24.3 Å². The second kappa shape index (κ2) is 7.18. The van der Waals surface area contributed by atoms with Gasteiger partial charge < -0.3 is 9.15 Å². The van der Waals surface area contributed by atoms with Crippen LogP contribution in [0.5, 0.6) is 5.75 Å². The quantitative estimate of drug-likeness (QED) is 0.499. The summed E-state index contributed by atoms with van der Waals surface area (Å²) in [5.41, 5.74) is 2.27. The van der Waals surface area contributed by atoms with E-state index in [4.69, 9.17) is 20.8 Å². The molecule has 1 heterocycles. The van der Waals surface area contributed by atoms with Crippen LogP contribution in [0.25, 0.3) is 22.6 Å². The molecule has 1 aromatic heterocycles. The van der Waals surface area contributed by atoms with Gasteiger partial charge in [0.25, 0.3) is 10.0 Å². The first-order valence-corrected chi connectivity index (χ1v) is 10.1. The van der Waals surface area contributed by atoms with Gasteiger partial charge in [-0.1, -0.05) is 11.6 Å². The number of fused-ring (bicyclic) bond motifs is 1. The summed E-state index contributed by atoms with van der Waals surface area (Å²) in [5.74, 6) is 1.18. The minimum atomic E-state index is -3.74. The van der Waals surface area contributed by atoms with Crippen molar-refractivity contribution in [1.82, 2.24) is 4.98 Å². The van der Waals surface area contributed by atoms with Crippen molar-refractivity contribution in [2.45, 2.75) is 4.90 Å². The number of benzene rings is 3. The second-order valence-corrected chi connectivity index (χ2v) is 8.11. The number of sulfonamides is 1. The zero-order chi connectivity index (χ0) is 19.7. The van der Waals surface area contributed by atoms with Crippen LogP contribution in [0.15, 0.2) is 76.0 Å². The lowest BCUT2D eigenvalue weighted by Crippen LogP contribution is -2.12. The van der Waals surface area contributed by atoms with Gasteiger partial charge in [-0.15, -0.1) is 0 Å². The molecule has 3 aromatic carbocycles. The summed E-state index contributed by atoms with van der Waals surface area (Å²) in [6.07, 6.45) is 0. The summed E-state index contributed by atoms with van der Waals surface area (Å²) < 4.78 is 38.5. The number of oxazole rings is 1. The largest absolute Gasteiger partial charge is 0.497 e. The molecule has 0 bridgehead atoms. The van der Waals surface area contributed by atoms with E-state index in [0.717, 1.165) is 11.3 Å². The third kappa shape index (κ3) is 3.67. The summed E-state index contributed by atoms with van der Waals surface area (Å²) in [4.78, 5) is 4.56. The topological polar surface area (TPSA) is 81.4 Å². The van der Waals surface area contributed by atoms with Gasteiger partial charge in [-0.05, 0) is 60.7 Å². The van der Waals surface area contributed by atoms with Gasteiger partial charge >= 0.3 is 0 Å². The molecule has 0 saturated heterocycles. The number of halogens is 1. The Labute approximate surface area is 166 Å². The Bertz CT molecular complexity index is 1230. The van der Waals surface area contributed by atoms with Crippen molar-refractivity contribution in [3.8, 4) is 17.2 Å². The molecular weight excluding hydrogens is 400 g/mol. The Morgan fingerprint density at radius 1 is 1.00 bits per heavy atom. The molecule has 28 heavy (non-hydrogen) atoms. The fourth-order valence-corrected chi connectivity index (χ4v) is 3.85. The first-order chi connectivity index (χ1) is 13.4. The molecule has 4 aromatic rings. The van der Waals surface area contributed by atoms with Crippen LogP contribution in [0.4, 0.5) is 5.69 Å². The molecule has 0 amide bonds. The molecule has 0 saturated carbocycles. The predicted molar refractivity (Wildman–Crippen MR) is 108 cm³/mol. The highest BCUT2D eigenvalue weighted by Gasteiger charge is 2.15. The van der Waals surface area contributed by atoms with Crippen LogP contribution in [0, 0.1) is 0 Å². The second-order valence-electron chi connectivity index (χ2n) is 5.99. The molecule has 0 aliphatic carbocycles. The predicted octanol–water partition coefficient (Wildman–Crippen LogP) is 4.96. The highest BCUT2D eigenvalue weighted by molar-refractivity contribution is 7.92. The molecule has 6 nitrogen and oxygen atoms in total. The number of ether oxygens (including phenoxy) is 1. The van der Waals surface area contributed by atoms with Gasteiger partial charge in [-0.25, -0.2) is 13.4 Å². The van der Waals surface area contributed by atoms with Gasteiger partial charge in [0.05, 0.1) is 17.7 Å². The molecule has 0 unspecified atom stereocenters. The lowest BCUT2D eigenvalue weighted by molar-refractivity contribution is 0.415. The standard InChI is InChI=1S/C20H15ClN2O4S/c1-26-16-7-2-13(3-8-16)20-22-18-11-6-15(12-19(18)27-20)23-28(24,25)17-9-4-14(21)5-10-17/h2-12,23H,1H3. The van der Waals surface area contributed by atoms with Crippen molar-refractivity contribution in [1.29, 1.82) is 0 Å². The SMILES string of the molecule is COc1ccc(-c2nc3ccc(NS(=O)(=O)c4ccc(Cl)cc4)cc3o2)cc1. The average Bonchev–Trinajstić information content (AvgIpc) is 3.11. The summed E-state index contributed by atoms with van der Waals surface area (Å²) in [6, 6.07) is 18.2. The molecule has 142 valence electrons. The van der Waals surface area contributed by atoms with Gasteiger partial charge in [0.2, 0.25) is 5.89 Å². The Balaban J connectivity index is 1.63. The van der Waals surface area contributed by atoms with Crippen molar-refractivity contribution in [3.63, 3.8) is 0 Å². The zero-order valence-corrected chi connectivity index (χ0v) is 16.3. The van der Waals surface area contributed by atoms with Crippen LogP contribution in [0.3, 0.4) is 0 Å². The normalized spacial score (nSPS) is 11.5. The number of methoxy groups -OCH3 is 1. The van der Waals surface area contributed by atoms with Gasteiger partial charge in [-0.2, -0.15) is 0 Å². The molecule has 0 spiro atoms. The van der Waals surface area contributed by atoms with E-state index < -0.39 is 10.0 Å². The number of anilines is 1. The summed E-state index contributed by atoms with van der Waals surface area (Å²) >= 11 is 5.82. The van der Waals surface area contributed by atoms with Crippen LogP contribution < -0.4 is 9.46 Å². The van der Waals surface area contributed by atoms with Crippen LogP contribution >= 0.6 is 11.6 Å². The molecule has 8 heteroatoms. The van der Waals surface area contributed by atoms with E-state index in [1.54, 1.807) is 25.3 Å². The van der Waals surface area contributed by atoms with Crippen LogP contribution in [0.1, 0.15) is 0 Å². The number of nitrogens with one attached hydrogen (secondary N) is 1. The number of nitrogens with zero attached hydrogens (tertiary/aromatic N) is 1. The van der Waals surface area contributed by atoms with Crippen LogP contribution in [0.2, 0.25) is 5.02 Å². The Kier molecular flexibility index (Phi) is 4.70. The zero-order valence-electron chi connectivity index (χ0n) is 14.7. The molecule has 0 aliphatic rings. The van der Waals surface area contributed by atoms with Crippen LogP contribution in [-0.2, 0) is 10.0 Å². The van der Waals surface area contributed by atoms with Crippen molar-refractivity contribution < 1.29 is 17.6 Å². The van der Waals surface area contributed by atoms with Crippen molar-refractivity contribution in [2.24, 2.45) is 0 Å². The minimum absolute atomic E-state index is 0.119. The third-order valence-electron chi connectivity index (χ3n) is 4.10. The summed E-state index contributed by atoms with van der Waals surface area (Å²) in [6.45, 7) is 0. The van der Waals surface area contributed by atoms with E-state index >= 15 is 0 Å². The molecule has 0 atom stereocenters. The van der Waals surface area contributed by atoms with Gasteiger partial charge in [0.1, 0.15) is 11.3 Å². The number of aromatic nitrogens is 1. The summed E-state index contributed by atoms with van der Waals surface area (Å²) in [7, 11) is -2.14. The Hall–Kier alpha value is -3.03. The molecular formula is C20H15ClN2O4S. The number of hydrogen-bond donors (Lipinski definition) is 1. The number of rotatable bonds is 5. The highest BCUT2D eigenvalue weighted by atomic mass is 35.5. The molecule has 1 N–H and O–H groups in total. The van der Waals surface area contributed by atoms with E-state index in [0.29, 0.717) is 27.7 Å². The van der Waals surface area contributed by atoms with E-state index in [-0.39, 0.29) is 4.90 Å². The molecule has 0 radical (unpaired) electrons. The lowest BCUT2D eigenvalue weighted by atomic mass is 10.2. The summed E-state index contributed by atoms with van der Waals surface area (Å²) in [5, 5.41) is 0.466. The molecule has 4 rings (SSSR count). The van der Waals surface area contributed by atoms with Crippen molar-refractivity contribution in [2.75, 3.05) is 11.8 Å². The fourth-order valence-electron chi connectivity index (χ4n) is 2.67. The first kappa shape index (κ1) is 18.3. The maximum absolute atomic E-state index is 12.5.